The summed E-state index contributed by atoms with van der Waals surface area (Å²) in [5, 5.41) is 8.59. The van der Waals surface area contributed by atoms with Gasteiger partial charge in [-0.2, -0.15) is 0 Å². The molecule has 0 amide bonds. The summed E-state index contributed by atoms with van der Waals surface area (Å²) in [4.78, 5) is 10.9. The number of thioether (sulfide) groups is 1. The van der Waals surface area contributed by atoms with E-state index in [0.717, 1.165) is 5.56 Å². The minimum Gasteiger partial charge on any atom is -0.480 e. The van der Waals surface area contributed by atoms with Gasteiger partial charge in [0.1, 0.15) is 5.25 Å². The molecular formula is C13H18O3S. The summed E-state index contributed by atoms with van der Waals surface area (Å²) in [6, 6.07) is 9.85. The Morgan fingerprint density at radius 3 is 2.53 bits per heavy atom. The van der Waals surface area contributed by atoms with E-state index < -0.39 is 11.2 Å². The Balaban J connectivity index is 2.26. The monoisotopic (exact) mass is 254 g/mol. The van der Waals surface area contributed by atoms with Crippen LogP contribution in [-0.2, 0) is 16.1 Å². The summed E-state index contributed by atoms with van der Waals surface area (Å²) in [5.41, 5.74) is 1.10. The highest BCUT2D eigenvalue weighted by molar-refractivity contribution is 8.00. The van der Waals surface area contributed by atoms with Crippen LogP contribution in [0.5, 0.6) is 0 Å². The van der Waals surface area contributed by atoms with Crippen LogP contribution in [0.4, 0.5) is 0 Å². The number of carboxylic acid groups (broad SMARTS) is 1. The van der Waals surface area contributed by atoms with Crippen LogP contribution in [0.2, 0.25) is 0 Å². The van der Waals surface area contributed by atoms with E-state index in [1.165, 1.54) is 11.8 Å². The summed E-state index contributed by atoms with van der Waals surface area (Å²) in [6.45, 7) is 4.34. The van der Waals surface area contributed by atoms with Gasteiger partial charge in [0.2, 0.25) is 0 Å². The van der Waals surface area contributed by atoms with Crippen LogP contribution in [0.1, 0.15) is 19.4 Å². The molecule has 0 aliphatic rings. The molecule has 1 aromatic rings. The average Bonchev–Trinajstić information content (AvgIpc) is 2.29. The Labute approximate surface area is 106 Å². The van der Waals surface area contributed by atoms with Gasteiger partial charge in [0.15, 0.2) is 0 Å². The van der Waals surface area contributed by atoms with Crippen LogP contribution in [-0.4, -0.2) is 22.3 Å². The standard InChI is InChI=1S/C13H18O3S/c1-10(2)12(13(14)15)17-9-16-8-11-6-4-3-5-7-11/h3-7,10,12H,8-9H2,1-2H3,(H,14,15). The van der Waals surface area contributed by atoms with Crippen LogP contribution in [0.15, 0.2) is 30.3 Å². The lowest BCUT2D eigenvalue weighted by Gasteiger charge is -2.15. The normalized spacial score (nSPS) is 12.6. The first kappa shape index (κ1) is 14.1. The van der Waals surface area contributed by atoms with Crippen molar-refractivity contribution in [1.82, 2.24) is 0 Å². The van der Waals surface area contributed by atoms with Crippen molar-refractivity contribution in [3.8, 4) is 0 Å². The third-order valence-electron chi connectivity index (χ3n) is 2.29. The smallest absolute Gasteiger partial charge is 0.316 e. The Morgan fingerprint density at radius 2 is 2.00 bits per heavy atom. The SMILES string of the molecule is CC(C)C(SCOCc1ccccc1)C(=O)O. The molecule has 0 bridgehead atoms. The molecule has 1 aromatic carbocycles. The minimum atomic E-state index is -0.770. The van der Waals surface area contributed by atoms with E-state index in [1.807, 2.05) is 44.2 Å². The van der Waals surface area contributed by atoms with Gasteiger partial charge in [0, 0.05) is 0 Å². The molecule has 0 aliphatic heterocycles. The van der Waals surface area contributed by atoms with Crippen LogP contribution in [0.3, 0.4) is 0 Å². The van der Waals surface area contributed by atoms with E-state index in [1.54, 1.807) is 0 Å². The molecule has 0 heterocycles. The van der Waals surface area contributed by atoms with Gasteiger partial charge in [0.05, 0.1) is 12.5 Å². The Bertz CT molecular complexity index is 338. The minimum absolute atomic E-state index is 0.109. The molecule has 3 nitrogen and oxygen atoms in total. The first-order chi connectivity index (χ1) is 8.11. The summed E-state index contributed by atoms with van der Waals surface area (Å²) in [5.74, 6) is -0.254. The van der Waals surface area contributed by atoms with Crippen LogP contribution in [0.25, 0.3) is 0 Å². The van der Waals surface area contributed by atoms with Crippen molar-refractivity contribution >= 4 is 17.7 Å². The molecule has 0 aliphatic carbocycles. The molecule has 0 spiro atoms. The van der Waals surface area contributed by atoms with Crippen molar-refractivity contribution in [2.45, 2.75) is 25.7 Å². The molecule has 17 heavy (non-hydrogen) atoms. The largest absolute Gasteiger partial charge is 0.480 e. The molecule has 0 fully saturated rings. The van der Waals surface area contributed by atoms with Crippen molar-refractivity contribution in [1.29, 1.82) is 0 Å². The van der Waals surface area contributed by atoms with Gasteiger partial charge in [-0.15, -0.1) is 11.8 Å². The van der Waals surface area contributed by atoms with Gasteiger partial charge in [-0.1, -0.05) is 44.2 Å². The Kier molecular flexibility index (Phi) is 6.08. The maximum Gasteiger partial charge on any atom is 0.316 e. The number of hydrogen-bond acceptors (Lipinski definition) is 3. The molecule has 1 unspecified atom stereocenters. The molecule has 0 aromatic heterocycles. The second-order valence-electron chi connectivity index (χ2n) is 4.12. The van der Waals surface area contributed by atoms with E-state index >= 15 is 0 Å². The third-order valence-corrected chi connectivity index (χ3v) is 3.70. The zero-order chi connectivity index (χ0) is 12.7. The van der Waals surface area contributed by atoms with Gasteiger partial charge < -0.3 is 9.84 Å². The lowest BCUT2D eigenvalue weighted by molar-refractivity contribution is -0.137. The zero-order valence-electron chi connectivity index (χ0n) is 10.1. The second kappa shape index (κ2) is 7.35. The van der Waals surface area contributed by atoms with Crippen LogP contribution >= 0.6 is 11.8 Å². The van der Waals surface area contributed by atoms with E-state index in [-0.39, 0.29) is 5.92 Å². The number of carbonyl (C=O) groups is 1. The molecule has 0 saturated carbocycles. The molecule has 1 atom stereocenters. The fourth-order valence-electron chi connectivity index (χ4n) is 1.40. The number of rotatable bonds is 7. The maximum absolute atomic E-state index is 10.9. The first-order valence-electron chi connectivity index (χ1n) is 5.57. The van der Waals surface area contributed by atoms with Crippen LogP contribution in [0, 0.1) is 5.92 Å². The predicted octanol–water partition coefficient (Wildman–Crippen LogP) is 3.00. The molecule has 94 valence electrons. The fraction of sp³-hybridized carbons (Fsp3) is 0.462. The zero-order valence-corrected chi connectivity index (χ0v) is 10.9. The molecule has 1 rings (SSSR count). The van der Waals surface area contributed by atoms with Gasteiger partial charge in [-0.05, 0) is 11.5 Å². The molecule has 0 radical (unpaired) electrons. The summed E-state index contributed by atoms with van der Waals surface area (Å²) in [7, 11) is 0. The fourth-order valence-corrected chi connectivity index (χ4v) is 2.26. The highest BCUT2D eigenvalue weighted by Crippen LogP contribution is 2.20. The lowest BCUT2D eigenvalue weighted by Crippen LogP contribution is -2.23. The van der Waals surface area contributed by atoms with E-state index in [2.05, 4.69) is 0 Å². The van der Waals surface area contributed by atoms with E-state index in [9.17, 15) is 4.79 Å². The third kappa shape index (κ3) is 5.24. The van der Waals surface area contributed by atoms with Crippen molar-refractivity contribution < 1.29 is 14.6 Å². The maximum atomic E-state index is 10.9. The van der Waals surface area contributed by atoms with Crippen molar-refractivity contribution in [3.63, 3.8) is 0 Å². The number of hydrogen-bond donors (Lipinski definition) is 1. The molecule has 1 N–H and O–H groups in total. The number of aliphatic carboxylic acids is 1. The second-order valence-corrected chi connectivity index (χ2v) is 5.20. The highest BCUT2D eigenvalue weighted by atomic mass is 32.2. The quantitative estimate of drug-likeness (QED) is 0.600. The average molecular weight is 254 g/mol. The molecule has 0 saturated heterocycles. The van der Waals surface area contributed by atoms with Gasteiger partial charge in [-0.3, -0.25) is 4.79 Å². The van der Waals surface area contributed by atoms with Crippen molar-refractivity contribution in [3.05, 3.63) is 35.9 Å². The Hall–Kier alpha value is -1.00. The highest BCUT2D eigenvalue weighted by Gasteiger charge is 2.21. The number of ether oxygens (including phenoxy) is 1. The lowest BCUT2D eigenvalue weighted by atomic mass is 10.1. The van der Waals surface area contributed by atoms with Crippen LogP contribution < -0.4 is 0 Å². The van der Waals surface area contributed by atoms with Gasteiger partial charge in [0.25, 0.3) is 0 Å². The van der Waals surface area contributed by atoms with E-state index in [4.69, 9.17) is 9.84 Å². The first-order valence-corrected chi connectivity index (χ1v) is 6.62. The van der Waals surface area contributed by atoms with Crippen molar-refractivity contribution in [2.75, 3.05) is 5.94 Å². The topological polar surface area (TPSA) is 46.5 Å². The molecule has 4 heteroatoms. The summed E-state index contributed by atoms with van der Waals surface area (Å²) in [6.07, 6.45) is 0. The summed E-state index contributed by atoms with van der Waals surface area (Å²) < 4.78 is 5.45. The van der Waals surface area contributed by atoms with Gasteiger partial charge in [-0.25, -0.2) is 0 Å². The van der Waals surface area contributed by atoms with Gasteiger partial charge >= 0.3 is 5.97 Å². The number of benzene rings is 1. The predicted molar refractivity (Wildman–Crippen MR) is 70.0 cm³/mol. The van der Waals surface area contributed by atoms with E-state index in [0.29, 0.717) is 12.5 Å². The summed E-state index contributed by atoms with van der Waals surface area (Å²) >= 11 is 1.34. The Morgan fingerprint density at radius 1 is 1.35 bits per heavy atom. The number of carboxylic acids is 1. The van der Waals surface area contributed by atoms with Crippen molar-refractivity contribution in [2.24, 2.45) is 5.92 Å². The molecular weight excluding hydrogens is 236 g/mol.